The zero-order valence-electron chi connectivity index (χ0n) is 18.5. The number of hydrogen-bond acceptors (Lipinski definition) is 4. The van der Waals surface area contributed by atoms with E-state index in [-0.39, 0.29) is 30.2 Å². The van der Waals surface area contributed by atoms with E-state index in [4.69, 9.17) is 0 Å². The van der Waals surface area contributed by atoms with Crippen LogP contribution in [0.25, 0.3) is 0 Å². The van der Waals surface area contributed by atoms with Crippen molar-refractivity contribution < 1.29 is 14.0 Å². The molecule has 31 heavy (non-hydrogen) atoms. The highest BCUT2D eigenvalue weighted by Gasteiger charge is 2.21. The van der Waals surface area contributed by atoms with E-state index in [0.717, 1.165) is 18.7 Å². The number of amides is 2. The quantitative estimate of drug-likeness (QED) is 0.715. The molecule has 2 amide bonds. The number of aryl methyl sites for hydroxylation is 2. The first-order chi connectivity index (χ1) is 14.8. The second kappa shape index (κ2) is 10.5. The van der Waals surface area contributed by atoms with Gasteiger partial charge in [-0.1, -0.05) is 24.3 Å². The first kappa shape index (κ1) is 22.9. The van der Waals surface area contributed by atoms with Crippen LogP contribution in [0.2, 0.25) is 0 Å². The molecule has 2 aromatic rings. The van der Waals surface area contributed by atoms with Crippen LogP contribution in [-0.4, -0.2) is 60.9 Å². The van der Waals surface area contributed by atoms with E-state index in [1.165, 1.54) is 23.3 Å². The Morgan fingerprint density at radius 2 is 1.58 bits per heavy atom. The lowest BCUT2D eigenvalue weighted by Crippen LogP contribution is -2.51. The van der Waals surface area contributed by atoms with Crippen LogP contribution in [0, 0.1) is 19.7 Å². The molecule has 0 aromatic heterocycles. The summed E-state index contributed by atoms with van der Waals surface area (Å²) in [6.07, 6.45) is 0. The van der Waals surface area contributed by atoms with E-state index in [1.807, 2.05) is 11.8 Å². The van der Waals surface area contributed by atoms with Crippen molar-refractivity contribution in [1.29, 1.82) is 0 Å². The maximum absolute atomic E-state index is 13.2. The number of nitrogens with zero attached hydrogens (tertiary/aromatic N) is 2. The third-order valence-electron chi connectivity index (χ3n) is 5.72. The number of piperazine rings is 1. The summed E-state index contributed by atoms with van der Waals surface area (Å²) >= 11 is 0. The van der Waals surface area contributed by atoms with Gasteiger partial charge in [0, 0.05) is 31.9 Å². The lowest BCUT2D eigenvalue weighted by molar-refractivity contribution is -0.124. The molecule has 0 bridgehead atoms. The number of nitrogens with one attached hydrogen (secondary N) is 2. The molecule has 6 nitrogen and oxygen atoms in total. The second-order valence-electron chi connectivity index (χ2n) is 8.24. The first-order valence-corrected chi connectivity index (χ1v) is 10.7. The van der Waals surface area contributed by atoms with Crippen LogP contribution in [0.3, 0.4) is 0 Å². The lowest BCUT2D eigenvalue weighted by atomic mass is 10.0. The Bertz CT molecular complexity index is 926. The topological polar surface area (TPSA) is 64.7 Å². The van der Waals surface area contributed by atoms with Crippen LogP contribution in [0.1, 0.15) is 29.7 Å². The van der Waals surface area contributed by atoms with Crippen molar-refractivity contribution in [2.75, 3.05) is 44.6 Å². The van der Waals surface area contributed by atoms with Gasteiger partial charge in [-0.25, -0.2) is 4.39 Å². The molecule has 1 atom stereocenters. The second-order valence-corrected chi connectivity index (χ2v) is 8.24. The number of anilines is 1. The monoisotopic (exact) mass is 426 g/mol. The molecule has 2 aromatic carbocycles. The number of hydrogen-bond donors (Lipinski definition) is 2. The Kier molecular flexibility index (Phi) is 7.76. The Morgan fingerprint density at radius 3 is 2.19 bits per heavy atom. The minimum atomic E-state index is -0.378. The summed E-state index contributed by atoms with van der Waals surface area (Å²) in [5.74, 6) is -0.543. The zero-order valence-corrected chi connectivity index (χ0v) is 18.5. The molecule has 0 radical (unpaired) electrons. The maximum Gasteiger partial charge on any atom is 0.238 e. The summed E-state index contributed by atoms with van der Waals surface area (Å²) < 4.78 is 13.2. The number of carbonyl (C=O) groups excluding carboxylic acids is 2. The smallest absolute Gasteiger partial charge is 0.238 e. The van der Waals surface area contributed by atoms with Gasteiger partial charge < -0.3 is 10.6 Å². The Balaban J connectivity index is 1.39. The average Bonchev–Trinajstić information content (AvgIpc) is 2.71. The fourth-order valence-corrected chi connectivity index (χ4v) is 3.68. The SMILES string of the molecule is Cc1ccc([C@@H](C)NC(=O)CN2CCN(CC(=O)Nc3cccc(F)c3)CC2)cc1C. The minimum Gasteiger partial charge on any atom is -0.348 e. The Labute approximate surface area is 183 Å². The van der Waals surface area contributed by atoms with Gasteiger partial charge in [-0.2, -0.15) is 0 Å². The van der Waals surface area contributed by atoms with E-state index in [0.29, 0.717) is 25.3 Å². The van der Waals surface area contributed by atoms with Gasteiger partial charge >= 0.3 is 0 Å². The highest BCUT2D eigenvalue weighted by molar-refractivity contribution is 5.92. The standard InChI is InChI=1S/C24H31FN4O2/c1-17-7-8-20(13-18(17)2)19(3)26-23(30)15-28-9-11-29(12-10-28)16-24(31)27-22-6-4-5-21(25)14-22/h4-8,13-14,19H,9-12,15-16H2,1-3H3,(H,26,30)(H,27,31)/t19-/m1/s1. The van der Waals surface area contributed by atoms with E-state index in [9.17, 15) is 14.0 Å². The molecule has 1 aliphatic heterocycles. The summed E-state index contributed by atoms with van der Waals surface area (Å²) in [6.45, 7) is 9.60. The van der Waals surface area contributed by atoms with Crippen LogP contribution in [0.4, 0.5) is 10.1 Å². The van der Waals surface area contributed by atoms with Gasteiger partial charge in [-0.05, 0) is 55.7 Å². The van der Waals surface area contributed by atoms with Crippen molar-refractivity contribution in [2.24, 2.45) is 0 Å². The lowest BCUT2D eigenvalue weighted by Gasteiger charge is -2.34. The molecule has 7 heteroatoms. The molecule has 1 heterocycles. The molecule has 166 valence electrons. The Hall–Kier alpha value is -2.77. The number of halogens is 1. The number of rotatable bonds is 7. The van der Waals surface area contributed by atoms with Crippen molar-refractivity contribution >= 4 is 17.5 Å². The Morgan fingerprint density at radius 1 is 0.935 bits per heavy atom. The highest BCUT2D eigenvalue weighted by atomic mass is 19.1. The molecule has 3 rings (SSSR count). The third kappa shape index (κ3) is 6.87. The maximum atomic E-state index is 13.2. The van der Waals surface area contributed by atoms with Gasteiger partial charge in [0.15, 0.2) is 0 Å². The highest BCUT2D eigenvalue weighted by Crippen LogP contribution is 2.17. The fourth-order valence-electron chi connectivity index (χ4n) is 3.68. The van der Waals surface area contributed by atoms with Gasteiger partial charge in [0.2, 0.25) is 11.8 Å². The predicted molar refractivity (Wildman–Crippen MR) is 120 cm³/mol. The van der Waals surface area contributed by atoms with Gasteiger partial charge in [-0.15, -0.1) is 0 Å². The van der Waals surface area contributed by atoms with Crippen LogP contribution < -0.4 is 10.6 Å². The van der Waals surface area contributed by atoms with Crippen molar-refractivity contribution in [3.63, 3.8) is 0 Å². The van der Waals surface area contributed by atoms with Gasteiger partial charge in [0.1, 0.15) is 5.82 Å². The largest absolute Gasteiger partial charge is 0.348 e. The van der Waals surface area contributed by atoms with Crippen LogP contribution in [-0.2, 0) is 9.59 Å². The van der Waals surface area contributed by atoms with Crippen molar-refractivity contribution in [2.45, 2.75) is 26.8 Å². The van der Waals surface area contributed by atoms with Gasteiger partial charge in [0.25, 0.3) is 0 Å². The normalized spacial score (nSPS) is 16.0. The number of benzene rings is 2. The molecule has 1 fully saturated rings. The van der Waals surface area contributed by atoms with Crippen LogP contribution in [0.5, 0.6) is 0 Å². The van der Waals surface area contributed by atoms with E-state index < -0.39 is 0 Å². The van der Waals surface area contributed by atoms with E-state index in [1.54, 1.807) is 12.1 Å². The summed E-state index contributed by atoms with van der Waals surface area (Å²) in [7, 11) is 0. The number of carbonyl (C=O) groups is 2. The summed E-state index contributed by atoms with van der Waals surface area (Å²) in [5, 5.41) is 5.80. The molecular weight excluding hydrogens is 395 g/mol. The molecule has 0 unspecified atom stereocenters. The first-order valence-electron chi connectivity index (χ1n) is 10.7. The average molecular weight is 427 g/mol. The molecule has 0 spiro atoms. The molecule has 2 N–H and O–H groups in total. The van der Waals surface area contributed by atoms with Gasteiger partial charge in [-0.3, -0.25) is 19.4 Å². The predicted octanol–water partition coefficient (Wildman–Crippen LogP) is 2.88. The van der Waals surface area contributed by atoms with Crippen molar-refractivity contribution in [3.8, 4) is 0 Å². The fraction of sp³-hybridized carbons (Fsp3) is 0.417. The minimum absolute atomic E-state index is 0.00280. The summed E-state index contributed by atoms with van der Waals surface area (Å²) in [6, 6.07) is 12.1. The van der Waals surface area contributed by atoms with Crippen molar-refractivity contribution in [3.05, 3.63) is 65.0 Å². The molecule has 1 saturated heterocycles. The summed E-state index contributed by atoms with van der Waals surface area (Å²) in [4.78, 5) is 28.8. The third-order valence-corrected chi connectivity index (χ3v) is 5.72. The van der Waals surface area contributed by atoms with Gasteiger partial charge in [0.05, 0.1) is 19.1 Å². The van der Waals surface area contributed by atoms with E-state index in [2.05, 4.69) is 47.6 Å². The molecule has 0 saturated carbocycles. The van der Waals surface area contributed by atoms with Crippen molar-refractivity contribution in [1.82, 2.24) is 15.1 Å². The molecule has 0 aliphatic carbocycles. The van der Waals surface area contributed by atoms with Crippen LogP contribution in [0.15, 0.2) is 42.5 Å². The van der Waals surface area contributed by atoms with Crippen LogP contribution >= 0.6 is 0 Å². The molecule has 1 aliphatic rings. The van der Waals surface area contributed by atoms with E-state index >= 15 is 0 Å². The zero-order chi connectivity index (χ0) is 22.4. The summed E-state index contributed by atoms with van der Waals surface area (Å²) in [5.41, 5.74) is 4.02. The molecular formula is C24H31FN4O2.